The van der Waals surface area contributed by atoms with Crippen molar-refractivity contribution in [3.05, 3.63) is 23.0 Å². The van der Waals surface area contributed by atoms with Crippen LogP contribution < -0.4 is 5.32 Å². The highest BCUT2D eigenvalue weighted by atomic mass is 35.5. The fourth-order valence-corrected chi connectivity index (χ4v) is 4.06. The van der Waals surface area contributed by atoms with Crippen LogP contribution in [-0.2, 0) is 6.54 Å². The molecule has 3 heterocycles. The molecule has 2 fully saturated rings. The number of fused-ring (bicyclic) bond motifs is 1. The SMILES string of the molecule is CCC1C2CNCC2CN1C(=O)c1cc(Cl)cn1CC. The minimum atomic E-state index is 0.139. The normalized spacial score (nSPS) is 28.9. The Kier molecular flexibility index (Phi) is 3.78. The molecule has 1 N–H and O–H groups in total. The first-order valence-electron chi connectivity index (χ1n) is 7.53. The minimum absolute atomic E-state index is 0.139. The molecular formula is C15H22ClN3O. The summed E-state index contributed by atoms with van der Waals surface area (Å²) in [5, 5.41) is 4.09. The molecule has 110 valence electrons. The van der Waals surface area contributed by atoms with Gasteiger partial charge in [0.1, 0.15) is 5.69 Å². The molecule has 1 amide bonds. The molecule has 2 saturated heterocycles. The average molecular weight is 296 g/mol. The summed E-state index contributed by atoms with van der Waals surface area (Å²) in [6.45, 7) is 7.95. The van der Waals surface area contributed by atoms with Gasteiger partial charge in [-0.25, -0.2) is 0 Å². The van der Waals surface area contributed by atoms with E-state index in [9.17, 15) is 4.79 Å². The second-order valence-corrected chi connectivity index (χ2v) is 6.28. The highest BCUT2D eigenvalue weighted by Gasteiger charge is 2.45. The third-order valence-corrected chi connectivity index (χ3v) is 5.03. The Balaban J connectivity index is 1.86. The Morgan fingerprint density at radius 3 is 2.95 bits per heavy atom. The predicted molar refractivity (Wildman–Crippen MR) is 80.1 cm³/mol. The number of rotatable bonds is 3. The average Bonchev–Trinajstić information content (AvgIpc) is 3.10. The summed E-state index contributed by atoms with van der Waals surface area (Å²) >= 11 is 6.06. The summed E-state index contributed by atoms with van der Waals surface area (Å²) in [4.78, 5) is 14.9. The number of halogens is 1. The summed E-state index contributed by atoms with van der Waals surface area (Å²) < 4.78 is 1.95. The number of amides is 1. The van der Waals surface area contributed by atoms with Crippen molar-refractivity contribution in [2.45, 2.75) is 32.9 Å². The second kappa shape index (κ2) is 5.41. The number of carbonyl (C=O) groups excluding carboxylic acids is 1. The van der Waals surface area contributed by atoms with Crippen molar-refractivity contribution in [2.75, 3.05) is 19.6 Å². The van der Waals surface area contributed by atoms with E-state index in [-0.39, 0.29) is 5.91 Å². The monoisotopic (exact) mass is 295 g/mol. The fourth-order valence-electron chi connectivity index (χ4n) is 3.84. The van der Waals surface area contributed by atoms with Crippen molar-refractivity contribution in [2.24, 2.45) is 11.8 Å². The van der Waals surface area contributed by atoms with Crippen LogP contribution in [0.25, 0.3) is 0 Å². The molecule has 0 aliphatic carbocycles. The minimum Gasteiger partial charge on any atom is -0.342 e. The van der Waals surface area contributed by atoms with Crippen LogP contribution in [0.1, 0.15) is 30.8 Å². The first-order chi connectivity index (χ1) is 9.65. The lowest BCUT2D eigenvalue weighted by Crippen LogP contribution is -2.40. The van der Waals surface area contributed by atoms with Crippen LogP contribution in [0.15, 0.2) is 12.3 Å². The first kappa shape index (κ1) is 14.0. The molecule has 2 aliphatic heterocycles. The van der Waals surface area contributed by atoms with Crippen molar-refractivity contribution in [1.82, 2.24) is 14.8 Å². The zero-order chi connectivity index (χ0) is 14.3. The molecule has 5 heteroatoms. The number of aryl methyl sites for hydroxylation is 1. The second-order valence-electron chi connectivity index (χ2n) is 5.84. The van der Waals surface area contributed by atoms with Gasteiger partial charge in [0.25, 0.3) is 5.91 Å². The lowest BCUT2D eigenvalue weighted by atomic mass is 9.93. The molecular weight excluding hydrogens is 274 g/mol. The van der Waals surface area contributed by atoms with Crippen LogP contribution in [0.2, 0.25) is 5.02 Å². The molecule has 1 aromatic heterocycles. The van der Waals surface area contributed by atoms with E-state index < -0.39 is 0 Å². The summed E-state index contributed by atoms with van der Waals surface area (Å²) in [5.41, 5.74) is 0.726. The fraction of sp³-hybridized carbons (Fsp3) is 0.667. The van der Waals surface area contributed by atoms with E-state index in [2.05, 4.69) is 17.1 Å². The van der Waals surface area contributed by atoms with Gasteiger partial charge in [-0.05, 0) is 31.2 Å². The smallest absolute Gasteiger partial charge is 0.270 e. The van der Waals surface area contributed by atoms with E-state index >= 15 is 0 Å². The van der Waals surface area contributed by atoms with Crippen LogP contribution in [0, 0.1) is 11.8 Å². The number of hydrogen-bond donors (Lipinski definition) is 1. The van der Waals surface area contributed by atoms with Crippen LogP contribution >= 0.6 is 11.6 Å². The third-order valence-electron chi connectivity index (χ3n) is 4.82. The van der Waals surface area contributed by atoms with Gasteiger partial charge >= 0.3 is 0 Å². The Morgan fingerprint density at radius 2 is 2.25 bits per heavy atom. The Bertz CT molecular complexity index is 513. The standard InChI is InChI=1S/C15H22ClN3O/c1-3-13-12-7-17-6-10(12)8-19(13)15(20)14-5-11(16)9-18(14)4-2/h5,9-10,12-13,17H,3-4,6-8H2,1-2H3. The number of hydrogen-bond acceptors (Lipinski definition) is 2. The molecule has 3 rings (SSSR count). The highest BCUT2D eigenvalue weighted by Crippen LogP contribution is 2.35. The summed E-state index contributed by atoms with van der Waals surface area (Å²) in [6.07, 6.45) is 2.86. The molecule has 0 radical (unpaired) electrons. The molecule has 0 saturated carbocycles. The van der Waals surface area contributed by atoms with E-state index in [0.29, 0.717) is 22.9 Å². The van der Waals surface area contributed by atoms with Gasteiger partial charge in [-0.15, -0.1) is 0 Å². The predicted octanol–water partition coefficient (Wildman–Crippen LogP) is 2.23. The van der Waals surface area contributed by atoms with Gasteiger partial charge in [-0.1, -0.05) is 18.5 Å². The quantitative estimate of drug-likeness (QED) is 0.928. The van der Waals surface area contributed by atoms with E-state index in [1.165, 1.54) is 0 Å². The van der Waals surface area contributed by atoms with Gasteiger partial charge in [-0.3, -0.25) is 4.79 Å². The van der Waals surface area contributed by atoms with Crippen molar-refractivity contribution in [3.8, 4) is 0 Å². The van der Waals surface area contributed by atoms with Crippen molar-refractivity contribution >= 4 is 17.5 Å². The molecule has 4 nitrogen and oxygen atoms in total. The van der Waals surface area contributed by atoms with Crippen LogP contribution in [0.4, 0.5) is 0 Å². The largest absolute Gasteiger partial charge is 0.342 e. The van der Waals surface area contributed by atoms with Crippen LogP contribution in [0.3, 0.4) is 0 Å². The molecule has 0 aromatic carbocycles. The number of nitrogens with one attached hydrogen (secondary N) is 1. The summed E-state index contributed by atoms with van der Waals surface area (Å²) in [7, 11) is 0. The Morgan fingerprint density at radius 1 is 1.45 bits per heavy atom. The number of carbonyl (C=O) groups is 1. The van der Waals surface area contributed by atoms with Crippen LogP contribution in [-0.4, -0.2) is 41.1 Å². The Labute approximate surface area is 125 Å². The van der Waals surface area contributed by atoms with Gasteiger partial charge in [-0.2, -0.15) is 0 Å². The molecule has 0 bridgehead atoms. The maximum atomic E-state index is 12.9. The zero-order valence-electron chi connectivity index (χ0n) is 12.1. The number of likely N-dealkylation sites (tertiary alicyclic amines) is 1. The summed E-state index contributed by atoms with van der Waals surface area (Å²) in [5.74, 6) is 1.37. The highest BCUT2D eigenvalue weighted by molar-refractivity contribution is 6.31. The van der Waals surface area contributed by atoms with E-state index in [4.69, 9.17) is 11.6 Å². The van der Waals surface area contributed by atoms with Gasteiger partial charge in [0.2, 0.25) is 0 Å². The van der Waals surface area contributed by atoms with Crippen molar-refractivity contribution in [3.63, 3.8) is 0 Å². The molecule has 0 spiro atoms. The third kappa shape index (κ3) is 2.15. The van der Waals surface area contributed by atoms with Crippen molar-refractivity contribution in [1.29, 1.82) is 0 Å². The molecule has 3 unspecified atom stereocenters. The number of nitrogens with zero attached hydrogens (tertiary/aromatic N) is 2. The maximum Gasteiger partial charge on any atom is 0.270 e. The molecule has 1 aromatic rings. The lowest BCUT2D eigenvalue weighted by Gasteiger charge is -2.27. The zero-order valence-corrected chi connectivity index (χ0v) is 12.9. The van der Waals surface area contributed by atoms with Crippen LogP contribution in [0.5, 0.6) is 0 Å². The molecule has 20 heavy (non-hydrogen) atoms. The lowest BCUT2D eigenvalue weighted by molar-refractivity contribution is 0.0701. The Hall–Kier alpha value is -1.00. The van der Waals surface area contributed by atoms with Gasteiger partial charge in [0, 0.05) is 38.4 Å². The van der Waals surface area contributed by atoms with Gasteiger partial charge in [0.05, 0.1) is 5.02 Å². The van der Waals surface area contributed by atoms with E-state index in [1.807, 2.05) is 17.7 Å². The number of aromatic nitrogens is 1. The molecule has 3 atom stereocenters. The van der Waals surface area contributed by atoms with E-state index in [1.54, 1.807) is 6.07 Å². The molecule has 2 aliphatic rings. The topological polar surface area (TPSA) is 37.3 Å². The van der Waals surface area contributed by atoms with Crippen molar-refractivity contribution < 1.29 is 4.79 Å². The van der Waals surface area contributed by atoms with Gasteiger partial charge in [0.15, 0.2) is 0 Å². The maximum absolute atomic E-state index is 12.9. The van der Waals surface area contributed by atoms with Gasteiger partial charge < -0.3 is 14.8 Å². The summed E-state index contributed by atoms with van der Waals surface area (Å²) in [6, 6.07) is 2.16. The van der Waals surface area contributed by atoms with E-state index in [0.717, 1.165) is 38.3 Å². The first-order valence-corrected chi connectivity index (χ1v) is 7.90.